The van der Waals surface area contributed by atoms with Crippen molar-refractivity contribution in [2.45, 2.75) is 38.6 Å². The minimum Gasteiger partial charge on any atom is -0.450 e. The number of ether oxygens (including phenoxy) is 1. The van der Waals surface area contributed by atoms with Crippen LogP contribution in [0.25, 0.3) is 0 Å². The van der Waals surface area contributed by atoms with Gasteiger partial charge in [-0.05, 0) is 39.2 Å². The molecule has 2 aliphatic heterocycles. The van der Waals surface area contributed by atoms with Gasteiger partial charge in [-0.25, -0.2) is 4.79 Å². The average Bonchev–Trinajstić information content (AvgIpc) is 2.48. The predicted octanol–water partition coefficient (Wildman–Crippen LogP) is 1.71. The van der Waals surface area contributed by atoms with Crippen molar-refractivity contribution < 1.29 is 14.4 Å². The van der Waals surface area contributed by atoms with Crippen molar-refractivity contribution in [2.24, 2.45) is 5.16 Å². The molecule has 0 atom stereocenters. The van der Waals surface area contributed by atoms with Crippen LogP contribution in [0.3, 0.4) is 0 Å². The highest BCUT2D eigenvalue weighted by Gasteiger charge is 2.29. The van der Waals surface area contributed by atoms with Crippen LogP contribution in [-0.4, -0.2) is 67.5 Å². The Morgan fingerprint density at radius 3 is 2.75 bits per heavy atom. The van der Waals surface area contributed by atoms with E-state index >= 15 is 0 Å². The number of piperidine rings is 2. The maximum absolute atomic E-state index is 11.7. The molecular formula is C14H25N3O3. The molecule has 6 heteroatoms. The molecule has 0 bridgehead atoms. The molecule has 6 nitrogen and oxygen atoms in total. The summed E-state index contributed by atoms with van der Waals surface area (Å²) in [6.07, 6.45) is 4.02. The standard InChI is InChI=1S/C14H25N3O3/c1-3-20-14(18)16-9-6-13(7-10-16)17-8-4-5-12(11-17)15-19-2/h13H,3-11H2,1-2H3/b15-12+. The number of carbonyl (C=O) groups excluding carboxylic acids is 1. The maximum atomic E-state index is 11.7. The van der Waals surface area contributed by atoms with Gasteiger partial charge in [-0.3, -0.25) is 4.90 Å². The van der Waals surface area contributed by atoms with Gasteiger partial charge in [0.25, 0.3) is 0 Å². The van der Waals surface area contributed by atoms with Gasteiger partial charge in [0.15, 0.2) is 0 Å². The molecule has 0 unspecified atom stereocenters. The van der Waals surface area contributed by atoms with Crippen molar-refractivity contribution in [3.8, 4) is 0 Å². The monoisotopic (exact) mass is 283 g/mol. The van der Waals surface area contributed by atoms with Crippen LogP contribution in [0.1, 0.15) is 32.6 Å². The minimum atomic E-state index is -0.175. The van der Waals surface area contributed by atoms with Gasteiger partial charge < -0.3 is 14.5 Å². The van der Waals surface area contributed by atoms with Crippen molar-refractivity contribution in [1.29, 1.82) is 0 Å². The molecule has 0 aromatic rings. The van der Waals surface area contributed by atoms with E-state index in [-0.39, 0.29) is 6.09 Å². The van der Waals surface area contributed by atoms with Crippen LogP contribution in [0.4, 0.5) is 4.79 Å². The van der Waals surface area contributed by atoms with Crippen LogP contribution < -0.4 is 0 Å². The molecule has 0 spiro atoms. The number of nitrogens with zero attached hydrogens (tertiary/aromatic N) is 3. The van der Waals surface area contributed by atoms with Gasteiger partial charge in [-0.1, -0.05) is 5.16 Å². The van der Waals surface area contributed by atoms with E-state index in [1.807, 2.05) is 11.8 Å². The number of rotatable bonds is 3. The second-order valence-corrected chi connectivity index (χ2v) is 5.33. The Hall–Kier alpha value is -1.30. The first-order valence-electron chi connectivity index (χ1n) is 7.49. The predicted molar refractivity (Wildman–Crippen MR) is 76.9 cm³/mol. The van der Waals surface area contributed by atoms with E-state index in [0.717, 1.165) is 57.6 Å². The van der Waals surface area contributed by atoms with Gasteiger partial charge in [0.1, 0.15) is 7.11 Å². The van der Waals surface area contributed by atoms with Crippen molar-refractivity contribution in [2.75, 3.05) is 39.9 Å². The zero-order valence-corrected chi connectivity index (χ0v) is 12.5. The summed E-state index contributed by atoms with van der Waals surface area (Å²) in [5.74, 6) is 0. The van der Waals surface area contributed by atoms with Crippen molar-refractivity contribution in [1.82, 2.24) is 9.80 Å². The van der Waals surface area contributed by atoms with Gasteiger partial charge in [-0.15, -0.1) is 0 Å². The van der Waals surface area contributed by atoms with E-state index in [2.05, 4.69) is 10.1 Å². The Kier molecular flexibility index (Phi) is 5.64. The van der Waals surface area contributed by atoms with Gasteiger partial charge in [0.05, 0.1) is 12.3 Å². The summed E-state index contributed by atoms with van der Waals surface area (Å²) < 4.78 is 5.05. The molecule has 2 rings (SSSR count). The fourth-order valence-electron chi connectivity index (χ4n) is 3.02. The summed E-state index contributed by atoms with van der Waals surface area (Å²) >= 11 is 0. The van der Waals surface area contributed by atoms with E-state index in [0.29, 0.717) is 12.6 Å². The van der Waals surface area contributed by atoms with E-state index in [1.54, 1.807) is 7.11 Å². The molecule has 2 saturated heterocycles. The highest BCUT2D eigenvalue weighted by atomic mass is 16.6. The topological polar surface area (TPSA) is 54.4 Å². The summed E-state index contributed by atoms with van der Waals surface area (Å²) in [4.78, 5) is 20.8. The fourth-order valence-corrected chi connectivity index (χ4v) is 3.02. The molecule has 0 aromatic carbocycles. The Labute approximate surface area is 120 Å². The zero-order chi connectivity index (χ0) is 14.4. The maximum Gasteiger partial charge on any atom is 0.409 e. The Bertz CT molecular complexity index is 352. The van der Waals surface area contributed by atoms with E-state index in [1.165, 1.54) is 0 Å². The molecule has 0 aromatic heterocycles. The summed E-state index contributed by atoms with van der Waals surface area (Å²) in [7, 11) is 1.60. The Morgan fingerprint density at radius 2 is 2.10 bits per heavy atom. The Balaban J connectivity index is 1.81. The summed E-state index contributed by atoms with van der Waals surface area (Å²) in [5.41, 5.74) is 1.13. The average molecular weight is 283 g/mol. The van der Waals surface area contributed by atoms with Gasteiger partial charge in [0.2, 0.25) is 0 Å². The van der Waals surface area contributed by atoms with Gasteiger partial charge >= 0.3 is 6.09 Å². The molecular weight excluding hydrogens is 258 g/mol. The van der Waals surface area contributed by atoms with Crippen molar-refractivity contribution in [3.63, 3.8) is 0 Å². The molecule has 2 fully saturated rings. The quantitative estimate of drug-likeness (QED) is 0.740. The smallest absolute Gasteiger partial charge is 0.409 e. The van der Waals surface area contributed by atoms with Crippen LogP contribution >= 0.6 is 0 Å². The molecule has 20 heavy (non-hydrogen) atoms. The lowest BCUT2D eigenvalue weighted by Gasteiger charge is -2.39. The molecule has 0 saturated carbocycles. The fraction of sp³-hybridized carbons (Fsp3) is 0.857. The number of likely N-dealkylation sites (tertiary alicyclic amines) is 2. The van der Waals surface area contributed by atoms with Crippen LogP contribution in [0.15, 0.2) is 5.16 Å². The number of amides is 1. The molecule has 0 aliphatic carbocycles. The largest absolute Gasteiger partial charge is 0.450 e. The molecule has 114 valence electrons. The Morgan fingerprint density at radius 1 is 1.35 bits per heavy atom. The molecule has 2 aliphatic rings. The van der Waals surface area contributed by atoms with E-state index in [4.69, 9.17) is 9.57 Å². The third-order valence-corrected chi connectivity index (χ3v) is 4.02. The third-order valence-electron chi connectivity index (χ3n) is 4.02. The second-order valence-electron chi connectivity index (χ2n) is 5.33. The summed E-state index contributed by atoms with van der Waals surface area (Å²) in [6.45, 7) is 5.88. The second kappa shape index (κ2) is 7.47. The third kappa shape index (κ3) is 3.85. The normalized spacial score (nSPS) is 23.9. The number of carbonyl (C=O) groups is 1. The van der Waals surface area contributed by atoms with E-state index < -0.39 is 0 Å². The lowest BCUT2D eigenvalue weighted by atomic mass is 9.99. The molecule has 2 heterocycles. The summed E-state index contributed by atoms with van der Waals surface area (Å²) in [6, 6.07) is 0.544. The lowest BCUT2D eigenvalue weighted by Crippen LogP contribution is -2.49. The van der Waals surface area contributed by atoms with Crippen LogP contribution in [-0.2, 0) is 9.57 Å². The number of hydrogen-bond acceptors (Lipinski definition) is 5. The van der Waals surface area contributed by atoms with Gasteiger partial charge in [-0.2, -0.15) is 0 Å². The van der Waals surface area contributed by atoms with Crippen LogP contribution in [0, 0.1) is 0 Å². The van der Waals surface area contributed by atoms with Crippen molar-refractivity contribution >= 4 is 11.8 Å². The number of oxime groups is 1. The number of hydrogen-bond donors (Lipinski definition) is 0. The molecule has 0 radical (unpaired) electrons. The molecule has 0 N–H and O–H groups in total. The van der Waals surface area contributed by atoms with Crippen molar-refractivity contribution in [3.05, 3.63) is 0 Å². The highest BCUT2D eigenvalue weighted by molar-refractivity contribution is 5.86. The van der Waals surface area contributed by atoms with Crippen LogP contribution in [0.2, 0.25) is 0 Å². The first-order chi connectivity index (χ1) is 9.74. The SMILES string of the molecule is CCOC(=O)N1CCC(N2CCC/C(=N\OC)C2)CC1. The molecule has 1 amide bonds. The zero-order valence-electron chi connectivity index (χ0n) is 12.5. The van der Waals surface area contributed by atoms with Gasteiger partial charge in [0, 0.05) is 25.7 Å². The first-order valence-corrected chi connectivity index (χ1v) is 7.49. The highest BCUT2D eigenvalue weighted by Crippen LogP contribution is 2.20. The van der Waals surface area contributed by atoms with Crippen LogP contribution in [0.5, 0.6) is 0 Å². The van der Waals surface area contributed by atoms with E-state index in [9.17, 15) is 4.79 Å². The summed E-state index contributed by atoms with van der Waals surface area (Å²) in [5, 5.41) is 4.09. The minimum absolute atomic E-state index is 0.175. The lowest BCUT2D eigenvalue weighted by molar-refractivity contribution is 0.0763. The first kappa shape index (κ1) is 15.1.